The molecule has 0 bridgehead atoms. The number of nitrogens with zero attached hydrogens (tertiary/aromatic N) is 1. The second kappa shape index (κ2) is 8.46. The van der Waals surface area contributed by atoms with E-state index in [1.54, 1.807) is 25.2 Å². The molecule has 20 heavy (non-hydrogen) atoms. The number of hydrogen-bond acceptors (Lipinski definition) is 4. The Morgan fingerprint density at radius 3 is 2.85 bits per heavy atom. The number of benzene rings is 1. The summed E-state index contributed by atoms with van der Waals surface area (Å²) in [5.41, 5.74) is 0. The fourth-order valence-electron chi connectivity index (χ4n) is 1.50. The van der Waals surface area contributed by atoms with Gasteiger partial charge >= 0.3 is 0 Å². The van der Waals surface area contributed by atoms with Gasteiger partial charge in [0.1, 0.15) is 5.75 Å². The van der Waals surface area contributed by atoms with Crippen molar-refractivity contribution in [2.75, 3.05) is 33.9 Å². The van der Waals surface area contributed by atoms with Gasteiger partial charge in [0.15, 0.2) is 6.61 Å². The van der Waals surface area contributed by atoms with Gasteiger partial charge < -0.3 is 19.5 Å². The van der Waals surface area contributed by atoms with Gasteiger partial charge in [0, 0.05) is 25.2 Å². The van der Waals surface area contributed by atoms with Crippen LogP contribution in [0.1, 0.15) is 0 Å². The molecule has 1 atom stereocenters. The van der Waals surface area contributed by atoms with Crippen molar-refractivity contribution >= 4 is 33.4 Å². The number of rotatable bonds is 7. The van der Waals surface area contributed by atoms with Gasteiger partial charge in [0.25, 0.3) is 5.91 Å². The first-order chi connectivity index (χ1) is 9.43. The number of carbonyl (C=O) groups is 1. The van der Waals surface area contributed by atoms with Crippen molar-refractivity contribution in [3.63, 3.8) is 0 Å². The quantitative estimate of drug-likeness (QED) is 0.801. The van der Waals surface area contributed by atoms with Crippen molar-refractivity contribution in [3.8, 4) is 5.75 Å². The van der Waals surface area contributed by atoms with E-state index in [2.05, 4.69) is 15.9 Å². The average Bonchev–Trinajstić information content (AvgIpc) is 2.37. The number of ether oxygens (including phenoxy) is 2. The molecule has 0 aliphatic rings. The molecule has 1 rings (SSSR count). The second-order valence-corrected chi connectivity index (χ2v) is 5.57. The predicted molar refractivity (Wildman–Crippen MR) is 80.2 cm³/mol. The molecule has 1 unspecified atom stereocenters. The Labute approximate surface area is 131 Å². The highest BCUT2D eigenvalue weighted by Gasteiger charge is 2.14. The van der Waals surface area contributed by atoms with Gasteiger partial charge in [0.05, 0.1) is 17.7 Å². The number of carbonyl (C=O) groups excluding carboxylic acids is 1. The van der Waals surface area contributed by atoms with E-state index in [0.717, 1.165) is 4.47 Å². The summed E-state index contributed by atoms with van der Waals surface area (Å²) in [6.07, 6.45) is -0.717. The van der Waals surface area contributed by atoms with Gasteiger partial charge in [-0.05, 0) is 18.2 Å². The standard InChI is InChI=1S/C13H17BrClNO4/c1-16(6-10(17)7-19-2)13(18)8-20-12-4-3-9(14)5-11(12)15/h3-5,10,17H,6-8H2,1-2H3. The molecule has 112 valence electrons. The van der Waals surface area contributed by atoms with Crippen LogP contribution in [0.5, 0.6) is 5.75 Å². The molecular weight excluding hydrogens is 350 g/mol. The molecule has 0 radical (unpaired) electrons. The Morgan fingerprint density at radius 1 is 1.55 bits per heavy atom. The normalized spacial score (nSPS) is 12.1. The summed E-state index contributed by atoms with van der Waals surface area (Å²) >= 11 is 9.27. The van der Waals surface area contributed by atoms with Crippen LogP contribution in [0.25, 0.3) is 0 Å². The zero-order chi connectivity index (χ0) is 15.1. The van der Waals surface area contributed by atoms with Gasteiger partial charge in [-0.15, -0.1) is 0 Å². The van der Waals surface area contributed by atoms with E-state index in [9.17, 15) is 9.90 Å². The number of aliphatic hydroxyl groups is 1. The largest absolute Gasteiger partial charge is 0.482 e. The lowest BCUT2D eigenvalue weighted by molar-refractivity contribution is -0.133. The summed E-state index contributed by atoms with van der Waals surface area (Å²) in [5, 5.41) is 9.97. The molecule has 0 heterocycles. The van der Waals surface area contributed by atoms with Crippen molar-refractivity contribution in [1.82, 2.24) is 4.90 Å². The summed E-state index contributed by atoms with van der Waals surface area (Å²) in [7, 11) is 3.08. The monoisotopic (exact) mass is 365 g/mol. The number of halogens is 2. The summed E-state index contributed by atoms with van der Waals surface area (Å²) in [6, 6.07) is 5.14. The van der Waals surface area contributed by atoms with E-state index in [1.165, 1.54) is 12.0 Å². The number of hydrogen-bond donors (Lipinski definition) is 1. The Balaban J connectivity index is 2.46. The highest BCUT2D eigenvalue weighted by Crippen LogP contribution is 2.27. The third-order valence-corrected chi connectivity index (χ3v) is 3.30. The smallest absolute Gasteiger partial charge is 0.260 e. The van der Waals surface area contributed by atoms with Crippen LogP contribution >= 0.6 is 27.5 Å². The zero-order valence-electron chi connectivity index (χ0n) is 11.3. The first-order valence-electron chi connectivity index (χ1n) is 5.93. The maximum Gasteiger partial charge on any atom is 0.260 e. The minimum absolute atomic E-state index is 0.141. The minimum Gasteiger partial charge on any atom is -0.482 e. The molecule has 0 aliphatic heterocycles. The molecule has 1 amide bonds. The second-order valence-electron chi connectivity index (χ2n) is 4.25. The summed E-state index contributed by atoms with van der Waals surface area (Å²) in [5.74, 6) is 0.188. The minimum atomic E-state index is -0.717. The molecule has 0 aromatic heterocycles. The predicted octanol–water partition coefficient (Wildman–Crippen LogP) is 1.95. The molecule has 0 saturated carbocycles. The van der Waals surface area contributed by atoms with Gasteiger partial charge in [-0.1, -0.05) is 27.5 Å². The van der Waals surface area contributed by atoms with Crippen LogP contribution in [0.4, 0.5) is 0 Å². The summed E-state index contributed by atoms with van der Waals surface area (Å²) in [4.78, 5) is 13.2. The molecule has 0 aliphatic carbocycles. The maximum atomic E-state index is 11.8. The van der Waals surface area contributed by atoms with Crippen LogP contribution in [0.2, 0.25) is 5.02 Å². The fourth-order valence-corrected chi connectivity index (χ4v) is 2.23. The van der Waals surface area contributed by atoms with Crippen LogP contribution in [0.15, 0.2) is 22.7 Å². The van der Waals surface area contributed by atoms with Crippen molar-refractivity contribution in [2.24, 2.45) is 0 Å². The van der Waals surface area contributed by atoms with Crippen LogP contribution < -0.4 is 4.74 Å². The average molecular weight is 367 g/mol. The Kier molecular flexibility index (Phi) is 7.29. The van der Waals surface area contributed by atoms with Crippen LogP contribution in [0, 0.1) is 0 Å². The van der Waals surface area contributed by atoms with Gasteiger partial charge in [-0.3, -0.25) is 4.79 Å². The first kappa shape index (κ1) is 17.2. The fraction of sp³-hybridized carbons (Fsp3) is 0.462. The van der Waals surface area contributed by atoms with Crippen molar-refractivity contribution in [1.29, 1.82) is 0 Å². The van der Waals surface area contributed by atoms with Crippen LogP contribution in [-0.4, -0.2) is 55.9 Å². The molecule has 0 spiro atoms. The Bertz CT molecular complexity index is 458. The van der Waals surface area contributed by atoms with E-state index in [0.29, 0.717) is 10.8 Å². The van der Waals surface area contributed by atoms with Gasteiger partial charge in [-0.2, -0.15) is 0 Å². The number of methoxy groups -OCH3 is 1. The zero-order valence-corrected chi connectivity index (χ0v) is 13.6. The van der Waals surface area contributed by atoms with Gasteiger partial charge in [0.2, 0.25) is 0 Å². The van der Waals surface area contributed by atoms with E-state index in [-0.39, 0.29) is 25.7 Å². The summed E-state index contributed by atoms with van der Waals surface area (Å²) in [6.45, 7) is 0.221. The number of aliphatic hydroxyl groups excluding tert-OH is 1. The van der Waals surface area contributed by atoms with E-state index in [1.807, 2.05) is 0 Å². The third-order valence-electron chi connectivity index (χ3n) is 2.51. The van der Waals surface area contributed by atoms with Crippen molar-refractivity contribution in [2.45, 2.75) is 6.10 Å². The van der Waals surface area contributed by atoms with E-state index < -0.39 is 6.10 Å². The lowest BCUT2D eigenvalue weighted by atomic mass is 10.3. The van der Waals surface area contributed by atoms with E-state index >= 15 is 0 Å². The molecule has 7 heteroatoms. The lowest BCUT2D eigenvalue weighted by Gasteiger charge is -2.20. The number of likely N-dealkylation sites (N-methyl/N-ethyl adjacent to an activating group) is 1. The molecule has 1 N–H and O–H groups in total. The number of amides is 1. The topological polar surface area (TPSA) is 59.0 Å². The maximum absolute atomic E-state index is 11.8. The SMILES string of the molecule is COCC(O)CN(C)C(=O)COc1ccc(Br)cc1Cl. The van der Waals surface area contributed by atoms with Crippen LogP contribution in [0.3, 0.4) is 0 Å². The third kappa shape index (κ3) is 5.66. The Morgan fingerprint density at radius 2 is 2.25 bits per heavy atom. The van der Waals surface area contributed by atoms with Crippen molar-refractivity contribution < 1.29 is 19.4 Å². The lowest BCUT2D eigenvalue weighted by Crippen LogP contribution is -2.38. The molecule has 0 saturated heterocycles. The first-order valence-corrected chi connectivity index (χ1v) is 7.10. The Hall–Kier alpha value is -0.820. The van der Waals surface area contributed by atoms with E-state index in [4.69, 9.17) is 21.1 Å². The van der Waals surface area contributed by atoms with Crippen LogP contribution in [-0.2, 0) is 9.53 Å². The molecule has 1 aromatic rings. The van der Waals surface area contributed by atoms with Crippen molar-refractivity contribution in [3.05, 3.63) is 27.7 Å². The molecular formula is C13H17BrClNO4. The summed E-state index contributed by atoms with van der Waals surface area (Å²) < 4.78 is 11.0. The highest BCUT2D eigenvalue weighted by molar-refractivity contribution is 9.10. The molecule has 0 fully saturated rings. The molecule has 1 aromatic carbocycles. The van der Waals surface area contributed by atoms with Gasteiger partial charge in [-0.25, -0.2) is 0 Å². The molecule has 5 nitrogen and oxygen atoms in total. The highest BCUT2D eigenvalue weighted by atomic mass is 79.9.